The second-order valence-electron chi connectivity index (χ2n) is 2.20. The first-order valence-electron chi connectivity index (χ1n) is 4.10. The fourth-order valence-electron chi connectivity index (χ4n) is 0.947. The van der Waals surface area contributed by atoms with E-state index < -0.39 is 0 Å². The SMILES string of the molecule is CC.Cc1cc2n(n1)C=CNN2. The van der Waals surface area contributed by atoms with Gasteiger partial charge >= 0.3 is 0 Å². The number of rotatable bonds is 0. The number of aryl methyl sites for hydroxylation is 1. The Hall–Kier alpha value is -1.45. The van der Waals surface area contributed by atoms with Crippen molar-refractivity contribution in [3.05, 3.63) is 18.0 Å². The second kappa shape index (κ2) is 3.80. The lowest BCUT2D eigenvalue weighted by molar-refractivity contribution is 0.860. The molecular formula is C8H14N4. The van der Waals surface area contributed by atoms with Crippen LogP contribution in [0.3, 0.4) is 0 Å². The molecule has 1 aliphatic heterocycles. The topological polar surface area (TPSA) is 41.9 Å². The average Bonchev–Trinajstić information content (AvgIpc) is 2.48. The number of hydrogen-bond donors (Lipinski definition) is 2. The molecule has 2 heterocycles. The van der Waals surface area contributed by atoms with E-state index in [0.717, 1.165) is 11.5 Å². The van der Waals surface area contributed by atoms with Crippen LogP contribution in [0.1, 0.15) is 19.5 Å². The van der Waals surface area contributed by atoms with Crippen molar-refractivity contribution in [3.63, 3.8) is 0 Å². The van der Waals surface area contributed by atoms with E-state index in [-0.39, 0.29) is 0 Å². The van der Waals surface area contributed by atoms with Crippen molar-refractivity contribution < 1.29 is 0 Å². The Morgan fingerprint density at radius 3 is 2.83 bits per heavy atom. The van der Waals surface area contributed by atoms with Gasteiger partial charge in [0.15, 0.2) is 0 Å². The summed E-state index contributed by atoms with van der Waals surface area (Å²) in [4.78, 5) is 0. The number of fused-ring (bicyclic) bond motifs is 1. The third kappa shape index (κ3) is 1.58. The van der Waals surface area contributed by atoms with Gasteiger partial charge in [-0.2, -0.15) is 5.10 Å². The highest BCUT2D eigenvalue weighted by molar-refractivity contribution is 5.46. The fourth-order valence-corrected chi connectivity index (χ4v) is 0.947. The molecule has 2 rings (SSSR count). The smallest absolute Gasteiger partial charge is 0.147 e. The highest BCUT2D eigenvalue weighted by Crippen LogP contribution is 2.10. The molecule has 0 amide bonds. The summed E-state index contributed by atoms with van der Waals surface area (Å²) < 4.78 is 1.78. The van der Waals surface area contributed by atoms with E-state index in [1.165, 1.54) is 0 Å². The highest BCUT2D eigenvalue weighted by Gasteiger charge is 2.03. The Morgan fingerprint density at radius 1 is 1.42 bits per heavy atom. The first-order chi connectivity index (χ1) is 5.86. The van der Waals surface area contributed by atoms with Crippen LogP contribution in [0.15, 0.2) is 12.3 Å². The normalized spacial score (nSPS) is 11.9. The van der Waals surface area contributed by atoms with Crippen LogP contribution in [0.2, 0.25) is 0 Å². The minimum Gasteiger partial charge on any atom is -0.305 e. The molecule has 0 spiro atoms. The van der Waals surface area contributed by atoms with Crippen LogP contribution in [0.4, 0.5) is 5.82 Å². The maximum absolute atomic E-state index is 4.18. The van der Waals surface area contributed by atoms with Crippen molar-refractivity contribution in [1.29, 1.82) is 0 Å². The van der Waals surface area contributed by atoms with E-state index in [4.69, 9.17) is 0 Å². The Labute approximate surface area is 72.2 Å². The van der Waals surface area contributed by atoms with Crippen molar-refractivity contribution in [2.24, 2.45) is 0 Å². The summed E-state index contributed by atoms with van der Waals surface area (Å²) in [5.41, 5.74) is 6.82. The molecule has 0 radical (unpaired) electrons. The molecule has 1 aromatic heterocycles. The van der Waals surface area contributed by atoms with Crippen molar-refractivity contribution >= 4 is 12.0 Å². The van der Waals surface area contributed by atoms with Gasteiger partial charge < -0.3 is 5.43 Å². The van der Waals surface area contributed by atoms with Crippen LogP contribution in [-0.2, 0) is 0 Å². The Kier molecular flexibility index (Phi) is 2.74. The lowest BCUT2D eigenvalue weighted by Gasteiger charge is -2.09. The van der Waals surface area contributed by atoms with Gasteiger partial charge in [-0.3, -0.25) is 5.43 Å². The summed E-state index contributed by atoms with van der Waals surface area (Å²) in [6, 6.07) is 1.97. The Morgan fingerprint density at radius 2 is 2.17 bits per heavy atom. The van der Waals surface area contributed by atoms with Gasteiger partial charge in [0.05, 0.1) is 5.69 Å². The molecule has 0 aliphatic carbocycles. The first kappa shape index (κ1) is 8.64. The van der Waals surface area contributed by atoms with Gasteiger partial charge in [-0.1, -0.05) is 13.8 Å². The molecule has 1 aromatic rings. The van der Waals surface area contributed by atoms with Gasteiger partial charge in [0, 0.05) is 18.5 Å². The van der Waals surface area contributed by atoms with E-state index in [0.29, 0.717) is 0 Å². The number of hydrogen-bond acceptors (Lipinski definition) is 3. The van der Waals surface area contributed by atoms with Gasteiger partial charge in [0.1, 0.15) is 5.82 Å². The lowest BCUT2D eigenvalue weighted by atomic mass is 10.5. The zero-order valence-electron chi connectivity index (χ0n) is 7.63. The molecule has 66 valence electrons. The molecule has 4 heteroatoms. The van der Waals surface area contributed by atoms with Crippen LogP contribution >= 0.6 is 0 Å². The molecule has 0 aromatic carbocycles. The highest BCUT2D eigenvalue weighted by atomic mass is 15.5. The van der Waals surface area contributed by atoms with Gasteiger partial charge in [-0.15, -0.1) is 0 Å². The zero-order chi connectivity index (χ0) is 8.97. The zero-order valence-corrected chi connectivity index (χ0v) is 7.63. The number of hydrazine groups is 1. The summed E-state index contributed by atoms with van der Waals surface area (Å²) in [5, 5.41) is 4.18. The number of nitrogens with zero attached hydrogens (tertiary/aromatic N) is 2. The summed E-state index contributed by atoms with van der Waals surface area (Å²) in [6.07, 6.45) is 3.65. The van der Waals surface area contributed by atoms with Gasteiger partial charge in [-0.05, 0) is 6.92 Å². The lowest BCUT2D eigenvalue weighted by Crippen LogP contribution is -2.20. The molecule has 0 saturated heterocycles. The molecule has 2 N–H and O–H groups in total. The van der Waals surface area contributed by atoms with Crippen molar-refractivity contribution in [2.75, 3.05) is 5.43 Å². The third-order valence-electron chi connectivity index (χ3n) is 1.36. The fraction of sp³-hybridized carbons (Fsp3) is 0.375. The third-order valence-corrected chi connectivity index (χ3v) is 1.36. The summed E-state index contributed by atoms with van der Waals surface area (Å²) >= 11 is 0. The Balaban J connectivity index is 0.000000336. The maximum atomic E-state index is 4.18. The van der Waals surface area contributed by atoms with E-state index in [9.17, 15) is 0 Å². The predicted octanol–water partition coefficient (Wildman–Crippen LogP) is 1.58. The minimum absolute atomic E-state index is 0.972. The summed E-state index contributed by atoms with van der Waals surface area (Å²) in [5.74, 6) is 0.972. The quantitative estimate of drug-likeness (QED) is 0.614. The van der Waals surface area contributed by atoms with Crippen molar-refractivity contribution in [2.45, 2.75) is 20.8 Å². The number of aromatic nitrogens is 2. The minimum atomic E-state index is 0.972. The largest absolute Gasteiger partial charge is 0.305 e. The standard InChI is InChI=1S/C6H8N4.C2H6/c1-5-4-6-8-7-2-3-10(6)9-5;1-2/h2-4,7-8H,1H3;1-2H3. The monoisotopic (exact) mass is 166 g/mol. The van der Waals surface area contributed by atoms with Gasteiger partial charge in [0.2, 0.25) is 0 Å². The molecule has 12 heavy (non-hydrogen) atoms. The summed E-state index contributed by atoms with van der Waals surface area (Å²) in [6.45, 7) is 5.96. The first-order valence-corrected chi connectivity index (χ1v) is 4.10. The molecule has 0 fully saturated rings. The molecule has 1 aliphatic rings. The van der Waals surface area contributed by atoms with Crippen molar-refractivity contribution in [3.8, 4) is 0 Å². The van der Waals surface area contributed by atoms with E-state index in [1.807, 2.05) is 33.0 Å². The van der Waals surface area contributed by atoms with Crippen molar-refractivity contribution in [1.82, 2.24) is 15.2 Å². The van der Waals surface area contributed by atoms with Crippen LogP contribution in [0, 0.1) is 6.92 Å². The van der Waals surface area contributed by atoms with Crippen LogP contribution < -0.4 is 10.9 Å². The molecule has 0 bridgehead atoms. The van der Waals surface area contributed by atoms with Gasteiger partial charge in [-0.25, -0.2) is 4.68 Å². The van der Waals surface area contributed by atoms with Crippen LogP contribution in [0.25, 0.3) is 6.20 Å². The summed E-state index contributed by atoms with van der Waals surface area (Å²) in [7, 11) is 0. The van der Waals surface area contributed by atoms with Gasteiger partial charge in [0.25, 0.3) is 0 Å². The number of anilines is 1. The molecule has 0 atom stereocenters. The van der Waals surface area contributed by atoms with Crippen LogP contribution in [0.5, 0.6) is 0 Å². The maximum Gasteiger partial charge on any atom is 0.147 e. The van der Waals surface area contributed by atoms with E-state index in [1.54, 1.807) is 10.9 Å². The molecule has 4 nitrogen and oxygen atoms in total. The van der Waals surface area contributed by atoms with E-state index in [2.05, 4.69) is 16.0 Å². The average molecular weight is 166 g/mol. The second-order valence-corrected chi connectivity index (χ2v) is 2.20. The predicted molar refractivity (Wildman–Crippen MR) is 50.4 cm³/mol. The Bertz CT molecular complexity index is 275. The van der Waals surface area contributed by atoms with E-state index >= 15 is 0 Å². The molecule has 0 saturated carbocycles. The molecular weight excluding hydrogens is 152 g/mol. The molecule has 0 unspecified atom stereocenters. The van der Waals surface area contributed by atoms with Crippen LogP contribution in [-0.4, -0.2) is 9.78 Å². The number of nitrogens with one attached hydrogen (secondary N) is 2.